The molecule has 21 heavy (non-hydrogen) atoms. The Morgan fingerprint density at radius 1 is 1.14 bits per heavy atom. The largest absolute Gasteiger partial charge is 0.500 e. The highest BCUT2D eigenvalue weighted by Crippen LogP contribution is 2.38. The fourth-order valence-electron chi connectivity index (χ4n) is 2.11. The lowest BCUT2D eigenvalue weighted by atomic mass is 9.77. The van der Waals surface area contributed by atoms with Gasteiger partial charge in [0, 0.05) is 17.6 Å². The van der Waals surface area contributed by atoms with Crippen LogP contribution in [0, 0.1) is 6.92 Å². The van der Waals surface area contributed by atoms with E-state index in [1.165, 1.54) is 0 Å². The molecule has 4 nitrogen and oxygen atoms in total. The molecule has 116 valence electrons. The van der Waals surface area contributed by atoms with Gasteiger partial charge < -0.3 is 18.8 Å². The van der Waals surface area contributed by atoms with Crippen LogP contribution in [0.1, 0.15) is 33.3 Å². The van der Waals surface area contributed by atoms with Crippen molar-refractivity contribution in [3.05, 3.63) is 22.7 Å². The minimum atomic E-state index is -0.561. The molecular formula is C15H22BClO4. The van der Waals surface area contributed by atoms with Crippen LogP contribution in [0.15, 0.2) is 12.1 Å². The number of hydrogen-bond acceptors (Lipinski definition) is 4. The zero-order chi connectivity index (χ0) is 15.8. The smallest absolute Gasteiger partial charge is 0.468 e. The zero-order valence-corrected chi connectivity index (χ0v) is 14.2. The van der Waals surface area contributed by atoms with E-state index in [0.29, 0.717) is 16.2 Å². The van der Waals surface area contributed by atoms with Crippen LogP contribution in [-0.4, -0.2) is 32.2 Å². The Labute approximate surface area is 131 Å². The van der Waals surface area contributed by atoms with E-state index in [0.717, 1.165) is 5.56 Å². The summed E-state index contributed by atoms with van der Waals surface area (Å²) in [7, 11) is 1.01. The number of methoxy groups -OCH3 is 1. The number of aryl methyl sites for hydroxylation is 1. The highest BCUT2D eigenvalue weighted by atomic mass is 35.5. The van der Waals surface area contributed by atoms with Gasteiger partial charge in [-0.2, -0.15) is 0 Å². The Bertz CT molecular complexity index is 515. The molecule has 1 aliphatic heterocycles. The van der Waals surface area contributed by atoms with Gasteiger partial charge in [0.15, 0.2) is 6.79 Å². The van der Waals surface area contributed by atoms with Crippen molar-refractivity contribution in [1.82, 2.24) is 0 Å². The molecule has 1 heterocycles. The van der Waals surface area contributed by atoms with Crippen molar-refractivity contribution in [3.63, 3.8) is 0 Å². The van der Waals surface area contributed by atoms with Crippen molar-refractivity contribution in [2.45, 2.75) is 45.8 Å². The maximum atomic E-state index is 6.46. The molecule has 1 fully saturated rings. The Morgan fingerprint density at radius 3 is 2.24 bits per heavy atom. The van der Waals surface area contributed by atoms with Crippen LogP contribution in [-0.2, 0) is 14.0 Å². The van der Waals surface area contributed by atoms with E-state index >= 15 is 0 Å². The second-order valence-electron chi connectivity index (χ2n) is 6.25. The van der Waals surface area contributed by atoms with Crippen LogP contribution in [0.3, 0.4) is 0 Å². The number of ether oxygens (including phenoxy) is 2. The van der Waals surface area contributed by atoms with Crippen LogP contribution >= 0.6 is 11.6 Å². The number of rotatable bonds is 4. The monoisotopic (exact) mass is 312 g/mol. The molecule has 0 spiro atoms. The van der Waals surface area contributed by atoms with E-state index in [4.69, 9.17) is 30.4 Å². The average Bonchev–Trinajstić information content (AvgIpc) is 2.59. The van der Waals surface area contributed by atoms with Gasteiger partial charge >= 0.3 is 7.12 Å². The fraction of sp³-hybridized carbons (Fsp3) is 0.600. The molecule has 6 heteroatoms. The normalized spacial score (nSPS) is 19.9. The van der Waals surface area contributed by atoms with Crippen LogP contribution in [0.5, 0.6) is 5.75 Å². The molecule has 0 aromatic heterocycles. The van der Waals surface area contributed by atoms with Gasteiger partial charge in [0.1, 0.15) is 5.75 Å². The SMILES string of the molecule is COCOc1ccc(C)c(Cl)c1B1OC(C)(C)C(C)(C)O1. The minimum absolute atomic E-state index is 0.145. The van der Waals surface area contributed by atoms with Gasteiger partial charge in [0.05, 0.1) is 11.2 Å². The molecule has 0 unspecified atom stereocenters. The van der Waals surface area contributed by atoms with E-state index in [9.17, 15) is 0 Å². The summed E-state index contributed by atoms with van der Waals surface area (Å²) in [6.07, 6.45) is 0. The van der Waals surface area contributed by atoms with Crippen molar-refractivity contribution < 1.29 is 18.8 Å². The molecule has 1 aromatic rings. The van der Waals surface area contributed by atoms with Crippen molar-refractivity contribution >= 4 is 24.2 Å². The van der Waals surface area contributed by atoms with E-state index in [-0.39, 0.29) is 6.79 Å². The van der Waals surface area contributed by atoms with Crippen molar-refractivity contribution in [2.75, 3.05) is 13.9 Å². The number of hydrogen-bond donors (Lipinski definition) is 0. The van der Waals surface area contributed by atoms with Gasteiger partial charge in [0.25, 0.3) is 0 Å². The highest BCUT2D eigenvalue weighted by Gasteiger charge is 2.53. The Morgan fingerprint density at radius 2 is 1.71 bits per heavy atom. The van der Waals surface area contributed by atoms with Crippen molar-refractivity contribution in [1.29, 1.82) is 0 Å². The van der Waals surface area contributed by atoms with Gasteiger partial charge in [0.2, 0.25) is 0 Å². The predicted molar refractivity (Wildman–Crippen MR) is 84.4 cm³/mol. The lowest BCUT2D eigenvalue weighted by Gasteiger charge is -2.32. The molecule has 0 amide bonds. The summed E-state index contributed by atoms with van der Waals surface area (Å²) in [4.78, 5) is 0. The molecule has 0 atom stereocenters. The van der Waals surface area contributed by atoms with Crippen LogP contribution in [0.2, 0.25) is 5.02 Å². The third-order valence-corrected chi connectivity index (χ3v) is 4.66. The van der Waals surface area contributed by atoms with E-state index in [1.54, 1.807) is 7.11 Å². The van der Waals surface area contributed by atoms with E-state index in [1.807, 2.05) is 46.8 Å². The lowest BCUT2D eigenvalue weighted by Crippen LogP contribution is -2.41. The first kappa shape index (κ1) is 16.6. The molecular weight excluding hydrogens is 290 g/mol. The van der Waals surface area contributed by atoms with Crippen molar-refractivity contribution in [3.8, 4) is 5.75 Å². The first-order valence-electron chi connectivity index (χ1n) is 6.96. The van der Waals surface area contributed by atoms with Crippen LogP contribution < -0.4 is 10.2 Å². The summed E-state index contributed by atoms with van der Waals surface area (Å²) >= 11 is 6.46. The van der Waals surface area contributed by atoms with Gasteiger partial charge in [-0.3, -0.25) is 0 Å². The predicted octanol–water partition coefficient (Wildman–Crippen LogP) is 2.93. The average molecular weight is 313 g/mol. The number of benzene rings is 1. The highest BCUT2D eigenvalue weighted by molar-refractivity contribution is 6.66. The number of halogens is 1. The molecule has 0 aliphatic carbocycles. The summed E-state index contributed by atoms with van der Waals surface area (Å²) in [5.41, 5.74) is 0.811. The third-order valence-electron chi connectivity index (χ3n) is 4.15. The molecule has 0 N–H and O–H groups in total. The lowest BCUT2D eigenvalue weighted by molar-refractivity contribution is 0.00578. The van der Waals surface area contributed by atoms with Crippen LogP contribution in [0.25, 0.3) is 0 Å². The second-order valence-corrected chi connectivity index (χ2v) is 6.63. The van der Waals surface area contributed by atoms with Gasteiger partial charge in [-0.1, -0.05) is 17.7 Å². The summed E-state index contributed by atoms with van der Waals surface area (Å²) in [6, 6.07) is 3.77. The Hall–Kier alpha value is -0.745. The summed E-state index contributed by atoms with van der Waals surface area (Å²) in [6.45, 7) is 10.1. The van der Waals surface area contributed by atoms with Crippen LogP contribution in [0.4, 0.5) is 0 Å². The summed E-state index contributed by atoms with van der Waals surface area (Å²) in [5.74, 6) is 0.617. The minimum Gasteiger partial charge on any atom is -0.468 e. The molecule has 2 rings (SSSR count). The molecule has 1 aromatic carbocycles. The molecule has 1 aliphatic rings. The maximum absolute atomic E-state index is 6.46. The Balaban J connectivity index is 2.41. The van der Waals surface area contributed by atoms with E-state index < -0.39 is 18.3 Å². The fourth-order valence-corrected chi connectivity index (χ4v) is 2.36. The Kier molecular flexibility index (Phi) is 4.59. The quantitative estimate of drug-likeness (QED) is 0.633. The van der Waals surface area contributed by atoms with E-state index in [2.05, 4.69) is 0 Å². The second kappa shape index (κ2) is 5.80. The standard InChI is InChI=1S/C15H22BClO4/c1-10-7-8-11(19-9-18-6)12(13(10)17)16-20-14(2,3)15(4,5)21-16/h7-8H,9H2,1-6H3. The van der Waals surface area contributed by atoms with Gasteiger partial charge in [-0.05, 0) is 46.2 Å². The van der Waals surface area contributed by atoms with Crippen molar-refractivity contribution in [2.24, 2.45) is 0 Å². The first-order valence-corrected chi connectivity index (χ1v) is 7.34. The first-order chi connectivity index (χ1) is 9.69. The zero-order valence-electron chi connectivity index (χ0n) is 13.5. The maximum Gasteiger partial charge on any atom is 0.500 e. The molecule has 0 saturated carbocycles. The third kappa shape index (κ3) is 3.06. The molecule has 1 saturated heterocycles. The molecule has 0 radical (unpaired) electrons. The summed E-state index contributed by atoms with van der Waals surface area (Å²) < 4.78 is 22.7. The summed E-state index contributed by atoms with van der Waals surface area (Å²) in [5, 5.41) is 0.599. The van der Waals surface area contributed by atoms with Gasteiger partial charge in [-0.15, -0.1) is 0 Å². The molecule has 0 bridgehead atoms. The van der Waals surface area contributed by atoms with Gasteiger partial charge in [-0.25, -0.2) is 0 Å². The topological polar surface area (TPSA) is 36.9 Å².